The quantitative estimate of drug-likeness (QED) is 0.840. The van der Waals surface area contributed by atoms with E-state index < -0.39 is 16.1 Å². The Kier molecular flexibility index (Phi) is 4.87. The highest BCUT2D eigenvalue weighted by atomic mass is 32.2. The van der Waals surface area contributed by atoms with Gasteiger partial charge >= 0.3 is 0 Å². The van der Waals surface area contributed by atoms with E-state index in [1.54, 1.807) is 12.4 Å². The summed E-state index contributed by atoms with van der Waals surface area (Å²) in [7, 11) is -3.37. The van der Waals surface area contributed by atoms with Crippen molar-refractivity contribution in [2.24, 2.45) is 0 Å². The second kappa shape index (κ2) is 6.93. The molecule has 134 valence electrons. The van der Waals surface area contributed by atoms with Gasteiger partial charge in [-0.15, -0.1) is 0 Å². The first-order chi connectivity index (χ1) is 11.9. The zero-order valence-corrected chi connectivity index (χ0v) is 15.0. The van der Waals surface area contributed by atoms with Gasteiger partial charge in [0.1, 0.15) is 17.7 Å². The van der Waals surface area contributed by atoms with Crippen molar-refractivity contribution < 1.29 is 13.2 Å². The van der Waals surface area contributed by atoms with Gasteiger partial charge < -0.3 is 5.32 Å². The molecule has 0 saturated carbocycles. The maximum atomic E-state index is 12.4. The number of hydrogen-bond donors (Lipinski definition) is 1. The van der Waals surface area contributed by atoms with E-state index in [9.17, 15) is 13.2 Å². The number of pyridine rings is 1. The molecular formula is C16H21N5O3S. The minimum Gasteiger partial charge on any atom is -0.351 e. The van der Waals surface area contributed by atoms with Crippen molar-refractivity contribution in [2.75, 3.05) is 12.8 Å². The summed E-state index contributed by atoms with van der Waals surface area (Å²) < 4.78 is 26.6. The van der Waals surface area contributed by atoms with Gasteiger partial charge in [0.25, 0.3) is 0 Å². The predicted octanol–water partition coefficient (Wildman–Crippen LogP) is 0.616. The summed E-state index contributed by atoms with van der Waals surface area (Å²) in [4.78, 5) is 20.9. The molecule has 0 aliphatic carbocycles. The summed E-state index contributed by atoms with van der Waals surface area (Å²) in [5.74, 6) is 1.28. The molecule has 8 nitrogen and oxygen atoms in total. The highest BCUT2D eigenvalue weighted by molar-refractivity contribution is 7.88. The van der Waals surface area contributed by atoms with Crippen LogP contribution in [0.4, 0.5) is 0 Å². The highest BCUT2D eigenvalue weighted by Crippen LogP contribution is 2.20. The number of rotatable bonds is 5. The number of carbonyl (C=O) groups is 1. The molecule has 1 fully saturated rings. The monoisotopic (exact) mass is 363 g/mol. The van der Waals surface area contributed by atoms with E-state index in [0.717, 1.165) is 23.5 Å². The number of hydrogen-bond acceptors (Lipinski definition) is 5. The van der Waals surface area contributed by atoms with Gasteiger partial charge in [0, 0.05) is 31.7 Å². The molecule has 0 spiro atoms. The topological polar surface area (TPSA) is 97.2 Å². The van der Waals surface area contributed by atoms with Crippen molar-refractivity contribution in [1.82, 2.24) is 24.2 Å². The average molecular weight is 363 g/mol. The lowest BCUT2D eigenvalue weighted by Gasteiger charge is -2.21. The standard InChI is InChI=1S/C16H21N5O3S/c1-12-17-7-9-20(12)15-10-13(5-6-18-15)11-19-16(22)14-4-3-8-21(14)25(2,23)24/h5-7,9-10,14H,3-4,8,11H2,1-2H3,(H,19,22)/t14-/m0/s1. The van der Waals surface area contributed by atoms with Gasteiger partial charge in [-0.3, -0.25) is 9.36 Å². The van der Waals surface area contributed by atoms with Crippen molar-refractivity contribution in [3.8, 4) is 5.82 Å². The first kappa shape index (κ1) is 17.6. The van der Waals surface area contributed by atoms with Gasteiger partial charge in [-0.05, 0) is 37.5 Å². The first-order valence-corrected chi connectivity index (χ1v) is 9.91. The van der Waals surface area contributed by atoms with Crippen LogP contribution >= 0.6 is 0 Å². The summed E-state index contributed by atoms with van der Waals surface area (Å²) in [5.41, 5.74) is 0.885. The van der Waals surface area contributed by atoms with Crippen LogP contribution < -0.4 is 5.32 Å². The molecule has 1 atom stereocenters. The van der Waals surface area contributed by atoms with Gasteiger partial charge in [-0.1, -0.05) is 0 Å². The SMILES string of the molecule is Cc1nccn1-c1cc(CNC(=O)[C@@H]2CCCN2S(C)(=O)=O)ccn1. The van der Waals surface area contributed by atoms with Gasteiger partial charge in [0.15, 0.2) is 0 Å². The van der Waals surface area contributed by atoms with Crippen molar-refractivity contribution in [2.45, 2.75) is 32.4 Å². The lowest BCUT2D eigenvalue weighted by molar-refractivity contribution is -0.124. The molecular weight excluding hydrogens is 342 g/mol. The van der Waals surface area contributed by atoms with Crippen LogP contribution in [0.15, 0.2) is 30.7 Å². The van der Waals surface area contributed by atoms with E-state index in [0.29, 0.717) is 25.9 Å². The van der Waals surface area contributed by atoms with Gasteiger partial charge in [0.2, 0.25) is 15.9 Å². The van der Waals surface area contributed by atoms with E-state index >= 15 is 0 Å². The summed E-state index contributed by atoms with van der Waals surface area (Å²) in [6.45, 7) is 2.60. The number of aryl methyl sites for hydroxylation is 1. The van der Waals surface area contributed by atoms with Crippen LogP contribution in [0.5, 0.6) is 0 Å². The molecule has 2 aromatic heterocycles. The third-order valence-corrected chi connectivity index (χ3v) is 5.57. The summed E-state index contributed by atoms with van der Waals surface area (Å²) >= 11 is 0. The van der Waals surface area contributed by atoms with E-state index in [1.165, 1.54) is 4.31 Å². The Morgan fingerprint density at radius 3 is 2.84 bits per heavy atom. The van der Waals surface area contributed by atoms with Gasteiger partial charge in [-0.2, -0.15) is 4.31 Å². The molecule has 1 aliphatic rings. The number of nitrogens with one attached hydrogen (secondary N) is 1. The normalized spacial score (nSPS) is 18.4. The van der Waals surface area contributed by atoms with Gasteiger partial charge in [-0.25, -0.2) is 18.4 Å². The van der Waals surface area contributed by atoms with Crippen LogP contribution in [0.2, 0.25) is 0 Å². The Hall–Kier alpha value is -2.26. The molecule has 9 heteroatoms. The third-order valence-electron chi connectivity index (χ3n) is 4.28. The fraction of sp³-hybridized carbons (Fsp3) is 0.438. The molecule has 0 radical (unpaired) electrons. The first-order valence-electron chi connectivity index (χ1n) is 8.06. The molecule has 1 amide bonds. The number of imidazole rings is 1. The Morgan fingerprint density at radius 2 is 2.16 bits per heavy atom. The van der Waals surface area contributed by atoms with Crippen molar-refractivity contribution in [1.29, 1.82) is 0 Å². The Bertz CT molecular complexity index is 877. The third kappa shape index (κ3) is 3.88. The summed E-state index contributed by atoms with van der Waals surface area (Å²) in [5, 5.41) is 2.83. The van der Waals surface area contributed by atoms with Crippen LogP contribution in [-0.2, 0) is 21.4 Å². The summed E-state index contributed by atoms with van der Waals surface area (Å²) in [6, 6.07) is 3.07. The minimum atomic E-state index is -3.37. The summed E-state index contributed by atoms with van der Waals surface area (Å²) in [6.07, 6.45) is 7.59. The molecule has 1 N–H and O–H groups in total. The lowest BCUT2D eigenvalue weighted by atomic mass is 10.2. The fourth-order valence-electron chi connectivity index (χ4n) is 3.03. The van der Waals surface area contributed by atoms with E-state index in [2.05, 4.69) is 15.3 Å². The molecule has 3 heterocycles. The zero-order chi connectivity index (χ0) is 18.0. The van der Waals surface area contributed by atoms with Crippen LogP contribution in [0, 0.1) is 6.92 Å². The van der Waals surface area contributed by atoms with Crippen molar-refractivity contribution in [3.63, 3.8) is 0 Å². The maximum Gasteiger partial charge on any atom is 0.238 e. The number of amides is 1. The largest absolute Gasteiger partial charge is 0.351 e. The molecule has 2 aromatic rings. The fourth-order valence-corrected chi connectivity index (χ4v) is 4.15. The van der Waals surface area contributed by atoms with Crippen LogP contribution in [0.1, 0.15) is 24.2 Å². The van der Waals surface area contributed by atoms with E-state index in [-0.39, 0.29) is 5.91 Å². The van der Waals surface area contributed by atoms with Crippen molar-refractivity contribution in [3.05, 3.63) is 42.1 Å². The minimum absolute atomic E-state index is 0.264. The Morgan fingerprint density at radius 1 is 1.36 bits per heavy atom. The Labute approximate surface area is 146 Å². The van der Waals surface area contributed by atoms with Crippen molar-refractivity contribution >= 4 is 15.9 Å². The molecule has 3 rings (SSSR count). The smallest absolute Gasteiger partial charge is 0.238 e. The number of aromatic nitrogens is 3. The van der Waals surface area contributed by atoms with Crippen LogP contribution in [0.3, 0.4) is 0 Å². The maximum absolute atomic E-state index is 12.4. The predicted molar refractivity (Wildman–Crippen MR) is 92.5 cm³/mol. The number of carbonyl (C=O) groups excluding carboxylic acids is 1. The average Bonchev–Trinajstić information content (AvgIpc) is 3.21. The Balaban J connectivity index is 1.68. The molecule has 1 saturated heterocycles. The molecule has 0 bridgehead atoms. The van der Waals surface area contributed by atoms with E-state index in [4.69, 9.17) is 0 Å². The lowest BCUT2D eigenvalue weighted by Crippen LogP contribution is -2.45. The second-order valence-corrected chi connectivity index (χ2v) is 8.05. The molecule has 0 unspecified atom stereocenters. The second-order valence-electron chi connectivity index (χ2n) is 6.12. The zero-order valence-electron chi connectivity index (χ0n) is 14.2. The molecule has 25 heavy (non-hydrogen) atoms. The molecule has 0 aromatic carbocycles. The van der Waals surface area contributed by atoms with Gasteiger partial charge in [0.05, 0.1) is 6.26 Å². The highest BCUT2D eigenvalue weighted by Gasteiger charge is 2.36. The molecule has 1 aliphatic heterocycles. The number of nitrogens with zero attached hydrogens (tertiary/aromatic N) is 4. The number of sulfonamides is 1. The van der Waals surface area contributed by atoms with E-state index in [1.807, 2.05) is 29.8 Å². The van der Waals surface area contributed by atoms with Crippen LogP contribution in [-0.4, -0.2) is 52.0 Å². The van der Waals surface area contributed by atoms with Crippen LogP contribution in [0.25, 0.3) is 5.82 Å².